The number of rotatable bonds is 3. The summed E-state index contributed by atoms with van der Waals surface area (Å²) in [6.45, 7) is 0.365. The van der Waals surface area contributed by atoms with E-state index in [4.69, 9.17) is 10.5 Å². The number of nitrogens with zero attached hydrogens (tertiary/aromatic N) is 1. The van der Waals surface area contributed by atoms with Gasteiger partial charge >= 0.3 is 0 Å². The maximum atomic E-state index is 12.8. The quantitative estimate of drug-likeness (QED) is 0.804. The van der Waals surface area contributed by atoms with Gasteiger partial charge in [-0.3, -0.25) is 4.98 Å². The van der Waals surface area contributed by atoms with Crippen LogP contribution in [0.25, 0.3) is 0 Å². The SMILES string of the molecule is Nc1cc(F)ccc1OCc1cccnc1. The molecule has 3 nitrogen and oxygen atoms in total. The van der Waals surface area contributed by atoms with Crippen LogP contribution < -0.4 is 10.5 Å². The number of benzene rings is 1. The van der Waals surface area contributed by atoms with Crippen molar-refractivity contribution < 1.29 is 9.13 Å². The topological polar surface area (TPSA) is 48.1 Å². The Kier molecular flexibility index (Phi) is 3.00. The highest BCUT2D eigenvalue weighted by molar-refractivity contribution is 5.52. The Labute approximate surface area is 92.7 Å². The number of pyridine rings is 1. The Morgan fingerprint density at radius 1 is 1.31 bits per heavy atom. The second-order valence-corrected chi connectivity index (χ2v) is 3.33. The second-order valence-electron chi connectivity index (χ2n) is 3.33. The Bertz CT molecular complexity index is 474. The average Bonchev–Trinajstić information content (AvgIpc) is 2.29. The molecule has 82 valence electrons. The first-order valence-corrected chi connectivity index (χ1v) is 4.82. The van der Waals surface area contributed by atoms with Crippen LogP contribution in [0.4, 0.5) is 10.1 Å². The highest BCUT2D eigenvalue weighted by Gasteiger charge is 2.02. The molecule has 1 heterocycles. The minimum atomic E-state index is -0.369. The zero-order valence-corrected chi connectivity index (χ0v) is 8.56. The van der Waals surface area contributed by atoms with E-state index >= 15 is 0 Å². The molecule has 2 rings (SSSR count). The van der Waals surface area contributed by atoms with Crippen molar-refractivity contribution in [2.75, 3.05) is 5.73 Å². The monoisotopic (exact) mass is 218 g/mol. The molecule has 4 heteroatoms. The zero-order valence-electron chi connectivity index (χ0n) is 8.56. The van der Waals surface area contributed by atoms with Crippen molar-refractivity contribution in [1.29, 1.82) is 0 Å². The van der Waals surface area contributed by atoms with Crippen LogP contribution in [0.1, 0.15) is 5.56 Å². The summed E-state index contributed by atoms with van der Waals surface area (Å²) in [4.78, 5) is 3.96. The van der Waals surface area contributed by atoms with Gasteiger partial charge in [-0.05, 0) is 18.2 Å². The molecule has 0 aliphatic rings. The van der Waals surface area contributed by atoms with Crippen molar-refractivity contribution >= 4 is 5.69 Å². The van der Waals surface area contributed by atoms with E-state index in [9.17, 15) is 4.39 Å². The molecular formula is C12H11FN2O. The van der Waals surface area contributed by atoms with E-state index < -0.39 is 0 Å². The maximum absolute atomic E-state index is 12.8. The third-order valence-electron chi connectivity index (χ3n) is 2.09. The summed E-state index contributed by atoms with van der Waals surface area (Å²) in [5.41, 5.74) is 6.84. The summed E-state index contributed by atoms with van der Waals surface area (Å²) in [6.07, 6.45) is 3.40. The van der Waals surface area contributed by atoms with Crippen molar-refractivity contribution in [3.8, 4) is 5.75 Å². The number of nitrogen functional groups attached to an aromatic ring is 1. The summed E-state index contributed by atoms with van der Waals surface area (Å²) >= 11 is 0. The summed E-state index contributed by atoms with van der Waals surface area (Å²) in [7, 11) is 0. The lowest BCUT2D eigenvalue weighted by Gasteiger charge is -2.08. The largest absolute Gasteiger partial charge is 0.487 e. The third kappa shape index (κ3) is 2.48. The average molecular weight is 218 g/mol. The molecule has 2 aromatic rings. The minimum Gasteiger partial charge on any atom is -0.487 e. The van der Waals surface area contributed by atoms with Crippen LogP contribution in [-0.4, -0.2) is 4.98 Å². The van der Waals surface area contributed by atoms with Gasteiger partial charge in [0.2, 0.25) is 0 Å². The summed E-state index contributed by atoms with van der Waals surface area (Å²) in [6, 6.07) is 7.79. The Morgan fingerprint density at radius 2 is 2.19 bits per heavy atom. The molecule has 0 unspecified atom stereocenters. The molecule has 1 aromatic carbocycles. The first-order valence-electron chi connectivity index (χ1n) is 4.82. The van der Waals surface area contributed by atoms with Crippen LogP contribution >= 0.6 is 0 Å². The Morgan fingerprint density at radius 3 is 2.88 bits per heavy atom. The second kappa shape index (κ2) is 4.61. The molecule has 0 spiro atoms. The number of halogens is 1. The van der Waals surface area contributed by atoms with Gasteiger partial charge in [0.05, 0.1) is 5.69 Å². The number of aromatic nitrogens is 1. The molecule has 16 heavy (non-hydrogen) atoms. The predicted molar refractivity (Wildman–Crippen MR) is 59.4 cm³/mol. The molecule has 2 N–H and O–H groups in total. The fraction of sp³-hybridized carbons (Fsp3) is 0.0833. The van der Waals surface area contributed by atoms with E-state index in [1.165, 1.54) is 18.2 Å². The van der Waals surface area contributed by atoms with E-state index in [1.54, 1.807) is 12.4 Å². The molecule has 0 aliphatic heterocycles. The fourth-order valence-corrected chi connectivity index (χ4v) is 1.30. The molecule has 0 fully saturated rings. The fourth-order valence-electron chi connectivity index (χ4n) is 1.30. The molecule has 0 radical (unpaired) electrons. The van der Waals surface area contributed by atoms with E-state index in [-0.39, 0.29) is 5.82 Å². The van der Waals surface area contributed by atoms with Crippen LogP contribution in [0.5, 0.6) is 5.75 Å². The standard InChI is InChI=1S/C12H11FN2O/c13-10-3-4-12(11(14)6-10)16-8-9-2-1-5-15-7-9/h1-7H,8,14H2. The molecule has 0 atom stereocenters. The normalized spacial score (nSPS) is 10.1. The first-order chi connectivity index (χ1) is 7.75. The van der Waals surface area contributed by atoms with Gasteiger partial charge in [-0.25, -0.2) is 4.39 Å². The molecule has 0 aliphatic carbocycles. The summed E-state index contributed by atoms with van der Waals surface area (Å²) in [5.74, 6) is 0.108. The lowest BCUT2D eigenvalue weighted by molar-refractivity contribution is 0.307. The molecule has 0 amide bonds. The van der Waals surface area contributed by atoms with Crippen molar-refractivity contribution in [3.63, 3.8) is 0 Å². The van der Waals surface area contributed by atoms with Gasteiger partial charge in [0.25, 0.3) is 0 Å². The van der Waals surface area contributed by atoms with Crippen LogP contribution in [0.2, 0.25) is 0 Å². The van der Waals surface area contributed by atoms with Crippen LogP contribution in [0.3, 0.4) is 0 Å². The summed E-state index contributed by atoms with van der Waals surface area (Å²) < 4.78 is 18.2. The first kappa shape index (κ1) is 10.4. The van der Waals surface area contributed by atoms with Gasteiger partial charge in [0.1, 0.15) is 18.2 Å². The maximum Gasteiger partial charge on any atom is 0.142 e. The van der Waals surface area contributed by atoms with E-state index in [0.717, 1.165) is 5.56 Å². The number of nitrogens with two attached hydrogens (primary N) is 1. The minimum absolute atomic E-state index is 0.295. The van der Waals surface area contributed by atoms with Gasteiger partial charge < -0.3 is 10.5 Å². The lowest BCUT2D eigenvalue weighted by atomic mass is 10.3. The number of ether oxygens (including phenoxy) is 1. The van der Waals surface area contributed by atoms with Crippen LogP contribution in [-0.2, 0) is 6.61 Å². The van der Waals surface area contributed by atoms with E-state index in [2.05, 4.69) is 4.98 Å². The van der Waals surface area contributed by atoms with Crippen molar-refractivity contribution in [3.05, 3.63) is 54.1 Å². The van der Waals surface area contributed by atoms with Gasteiger partial charge in [0, 0.05) is 24.0 Å². The molecular weight excluding hydrogens is 207 g/mol. The summed E-state index contributed by atoms with van der Waals surface area (Å²) in [5, 5.41) is 0. The third-order valence-corrected chi connectivity index (χ3v) is 2.09. The number of anilines is 1. The Hall–Kier alpha value is -2.10. The predicted octanol–water partition coefficient (Wildman–Crippen LogP) is 2.38. The van der Waals surface area contributed by atoms with Gasteiger partial charge in [-0.15, -0.1) is 0 Å². The zero-order chi connectivity index (χ0) is 11.4. The van der Waals surface area contributed by atoms with Crippen LogP contribution in [0, 0.1) is 5.82 Å². The molecule has 1 aromatic heterocycles. The van der Waals surface area contributed by atoms with E-state index in [1.807, 2.05) is 12.1 Å². The highest BCUT2D eigenvalue weighted by Crippen LogP contribution is 2.22. The lowest BCUT2D eigenvalue weighted by Crippen LogP contribution is -1.99. The van der Waals surface area contributed by atoms with Crippen molar-refractivity contribution in [2.24, 2.45) is 0 Å². The van der Waals surface area contributed by atoms with E-state index in [0.29, 0.717) is 18.0 Å². The van der Waals surface area contributed by atoms with Gasteiger partial charge in [-0.1, -0.05) is 6.07 Å². The smallest absolute Gasteiger partial charge is 0.142 e. The van der Waals surface area contributed by atoms with Crippen molar-refractivity contribution in [2.45, 2.75) is 6.61 Å². The van der Waals surface area contributed by atoms with Crippen molar-refractivity contribution in [1.82, 2.24) is 4.98 Å². The Balaban J connectivity index is 2.05. The number of hydrogen-bond donors (Lipinski definition) is 1. The molecule has 0 saturated carbocycles. The number of hydrogen-bond acceptors (Lipinski definition) is 3. The molecule has 0 saturated heterocycles. The van der Waals surface area contributed by atoms with Crippen LogP contribution in [0.15, 0.2) is 42.7 Å². The van der Waals surface area contributed by atoms with Gasteiger partial charge in [0.15, 0.2) is 0 Å². The van der Waals surface area contributed by atoms with Gasteiger partial charge in [-0.2, -0.15) is 0 Å². The highest BCUT2D eigenvalue weighted by atomic mass is 19.1. The molecule has 0 bridgehead atoms.